The van der Waals surface area contributed by atoms with Gasteiger partial charge in [0.05, 0.1) is 5.69 Å². The first-order chi connectivity index (χ1) is 11.1. The normalized spacial score (nSPS) is 10.5. The molecule has 0 bridgehead atoms. The lowest BCUT2D eigenvalue weighted by molar-refractivity contribution is 0.0894. The van der Waals surface area contributed by atoms with E-state index in [9.17, 15) is 9.59 Å². The SMILES string of the molecule is Cc1ccc(COn2c(-c3ccccc3)cc(=O)[nH]c2=O)cc1. The van der Waals surface area contributed by atoms with Crippen molar-refractivity contribution in [2.75, 3.05) is 0 Å². The van der Waals surface area contributed by atoms with Crippen molar-refractivity contribution < 1.29 is 4.84 Å². The van der Waals surface area contributed by atoms with E-state index in [1.54, 1.807) is 0 Å². The number of nitrogens with zero attached hydrogens (tertiary/aromatic N) is 1. The fourth-order valence-corrected chi connectivity index (χ4v) is 2.25. The Labute approximate surface area is 132 Å². The van der Waals surface area contributed by atoms with E-state index in [2.05, 4.69) is 4.98 Å². The summed E-state index contributed by atoms with van der Waals surface area (Å²) in [6.45, 7) is 2.23. The monoisotopic (exact) mass is 308 g/mol. The van der Waals surface area contributed by atoms with E-state index in [4.69, 9.17) is 4.84 Å². The maximum Gasteiger partial charge on any atom is 0.361 e. The number of nitrogens with one attached hydrogen (secondary N) is 1. The average molecular weight is 308 g/mol. The first-order valence-corrected chi connectivity index (χ1v) is 7.24. The topological polar surface area (TPSA) is 64.1 Å². The Morgan fingerprint density at radius 3 is 2.39 bits per heavy atom. The highest BCUT2D eigenvalue weighted by Gasteiger charge is 2.09. The summed E-state index contributed by atoms with van der Waals surface area (Å²) in [6.07, 6.45) is 0. The van der Waals surface area contributed by atoms with E-state index in [-0.39, 0.29) is 6.61 Å². The van der Waals surface area contributed by atoms with Crippen LogP contribution in [0.5, 0.6) is 0 Å². The Morgan fingerprint density at radius 2 is 1.70 bits per heavy atom. The van der Waals surface area contributed by atoms with Crippen molar-refractivity contribution in [3.8, 4) is 11.3 Å². The lowest BCUT2D eigenvalue weighted by Gasteiger charge is -2.13. The molecule has 0 aliphatic heterocycles. The number of rotatable bonds is 4. The predicted molar refractivity (Wildman–Crippen MR) is 88.2 cm³/mol. The van der Waals surface area contributed by atoms with Crippen LogP contribution in [0.3, 0.4) is 0 Å². The van der Waals surface area contributed by atoms with Crippen LogP contribution in [0, 0.1) is 6.92 Å². The van der Waals surface area contributed by atoms with Crippen LogP contribution in [0.15, 0.2) is 70.3 Å². The number of aryl methyl sites for hydroxylation is 1. The van der Waals surface area contributed by atoms with E-state index in [1.807, 2.05) is 61.5 Å². The molecule has 23 heavy (non-hydrogen) atoms. The van der Waals surface area contributed by atoms with Gasteiger partial charge in [-0.2, -0.15) is 0 Å². The summed E-state index contributed by atoms with van der Waals surface area (Å²) in [6, 6.07) is 18.4. The lowest BCUT2D eigenvalue weighted by Crippen LogP contribution is -2.34. The smallest absolute Gasteiger partial charge is 0.361 e. The summed E-state index contributed by atoms with van der Waals surface area (Å²) < 4.78 is 1.12. The zero-order valence-electron chi connectivity index (χ0n) is 12.7. The first kappa shape index (κ1) is 14.8. The number of aromatic amines is 1. The zero-order chi connectivity index (χ0) is 16.2. The molecule has 2 aromatic carbocycles. The third-order valence-electron chi connectivity index (χ3n) is 3.45. The standard InChI is InChI=1S/C18H16N2O3/c1-13-7-9-14(10-8-13)12-23-20-16(11-17(21)19-18(20)22)15-5-3-2-4-6-15/h2-11H,12H2,1H3,(H,19,21,22). The maximum atomic E-state index is 12.1. The third kappa shape index (κ3) is 3.40. The summed E-state index contributed by atoms with van der Waals surface area (Å²) in [5.41, 5.74) is 2.20. The Morgan fingerprint density at radius 1 is 1.00 bits per heavy atom. The van der Waals surface area contributed by atoms with Crippen molar-refractivity contribution >= 4 is 0 Å². The van der Waals surface area contributed by atoms with Crippen molar-refractivity contribution in [2.24, 2.45) is 0 Å². The van der Waals surface area contributed by atoms with Gasteiger partial charge in [0, 0.05) is 11.6 Å². The molecular weight excluding hydrogens is 292 g/mol. The summed E-state index contributed by atoms with van der Waals surface area (Å²) in [5, 5.41) is 0. The van der Waals surface area contributed by atoms with Crippen molar-refractivity contribution in [3.63, 3.8) is 0 Å². The second-order valence-electron chi connectivity index (χ2n) is 5.24. The number of aromatic nitrogens is 2. The maximum absolute atomic E-state index is 12.1. The Balaban J connectivity index is 1.96. The molecule has 3 rings (SSSR count). The van der Waals surface area contributed by atoms with Crippen LogP contribution in [0.25, 0.3) is 11.3 Å². The van der Waals surface area contributed by atoms with Crippen LogP contribution in [0.2, 0.25) is 0 Å². The molecular formula is C18H16N2O3. The Kier molecular flexibility index (Phi) is 4.10. The van der Waals surface area contributed by atoms with Gasteiger partial charge in [0.15, 0.2) is 0 Å². The van der Waals surface area contributed by atoms with Gasteiger partial charge in [-0.1, -0.05) is 60.2 Å². The molecule has 0 saturated carbocycles. The molecule has 3 aromatic rings. The third-order valence-corrected chi connectivity index (χ3v) is 3.45. The molecule has 0 fully saturated rings. The fraction of sp³-hybridized carbons (Fsp3) is 0.111. The van der Waals surface area contributed by atoms with E-state index in [1.165, 1.54) is 6.07 Å². The van der Waals surface area contributed by atoms with Crippen LogP contribution in [0.4, 0.5) is 0 Å². The van der Waals surface area contributed by atoms with Crippen molar-refractivity contribution in [3.05, 3.63) is 92.6 Å². The molecule has 1 heterocycles. The van der Waals surface area contributed by atoms with Gasteiger partial charge in [-0.25, -0.2) is 4.79 Å². The molecule has 0 atom stereocenters. The van der Waals surface area contributed by atoms with Gasteiger partial charge in [0.1, 0.15) is 6.61 Å². The van der Waals surface area contributed by atoms with Gasteiger partial charge in [-0.05, 0) is 12.5 Å². The van der Waals surface area contributed by atoms with Crippen LogP contribution in [-0.4, -0.2) is 9.71 Å². The second kappa shape index (κ2) is 6.36. The lowest BCUT2D eigenvalue weighted by atomic mass is 10.1. The first-order valence-electron chi connectivity index (χ1n) is 7.24. The van der Waals surface area contributed by atoms with Crippen LogP contribution >= 0.6 is 0 Å². The van der Waals surface area contributed by atoms with E-state index in [0.717, 1.165) is 21.4 Å². The minimum Gasteiger partial charge on any atom is -0.404 e. The molecule has 0 spiro atoms. The van der Waals surface area contributed by atoms with Gasteiger partial charge >= 0.3 is 5.69 Å². The summed E-state index contributed by atoms with van der Waals surface area (Å²) in [5.74, 6) is 0. The fourth-order valence-electron chi connectivity index (χ4n) is 2.25. The Hall–Kier alpha value is -3.08. The molecule has 0 radical (unpaired) electrons. The number of benzene rings is 2. The Bertz CT molecular complexity index is 909. The highest BCUT2D eigenvalue weighted by molar-refractivity contribution is 5.58. The largest absolute Gasteiger partial charge is 0.404 e. The molecule has 0 saturated heterocycles. The van der Waals surface area contributed by atoms with Crippen molar-refractivity contribution in [1.29, 1.82) is 0 Å². The molecule has 1 aromatic heterocycles. The number of hydrogen-bond donors (Lipinski definition) is 1. The summed E-state index contributed by atoms with van der Waals surface area (Å²) >= 11 is 0. The minimum absolute atomic E-state index is 0.228. The van der Waals surface area contributed by atoms with Gasteiger partial charge in [-0.15, -0.1) is 4.73 Å². The molecule has 5 heteroatoms. The molecule has 5 nitrogen and oxygen atoms in total. The van der Waals surface area contributed by atoms with Gasteiger partial charge in [0.2, 0.25) is 0 Å². The molecule has 0 aliphatic carbocycles. The summed E-state index contributed by atoms with van der Waals surface area (Å²) in [4.78, 5) is 31.6. The van der Waals surface area contributed by atoms with Gasteiger partial charge in [0.25, 0.3) is 5.56 Å². The van der Waals surface area contributed by atoms with E-state index < -0.39 is 11.2 Å². The van der Waals surface area contributed by atoms with Crippen LogP contribution in [-0.2, 0) is 6.61 Å². The van der Waals surface area contributed by atoms with Crippen molar-refractivity contribution in [1.82, 2.24) is 9.71 Å². The highest BCUT2D eigenvalue weighted by Crippen LogP contribution is 2.15. The molecule has 1 N–H and O–H groups in total. The summed E-state index contributed by atoms with van der Waals surface area (Å²) in [7, 11) is 0. The predicted octanol–water partition coefficient (Wildman–Crippen LogP) is 2.14. The second-order valence-corrected chi connectivity index (χ2v) is 5.24. The molecule has 0 unspecified atom stereocenters. The quantitative estimate of drug-likeness (QED) is 0.803. The molecule has 0 amide bonds. The van der Waals surface area contributed by atoms with Gasteiger partial charge < -0.3 is 4.84 Å². The van der Waals surface area contributed by atoms with Crippen LogP contribution < -0.4 is 16.1 Å². The van der Waals surface area contributed by atoms with E-state index in [0.29, 0.717) is 5.69 Å². The highest BCUT2D eigenvalue weighted by atomic mass is 16.7. The van der Waals surface area contributed by atoms with Crippen molar-refractivity contribution in [2.45, 2.75) is 13.5 Å². The van der Waals surface area contributed by atoms with E-state index >= 15 is 0 Å². The molecule has 0 aliphatic rings. The number of H-pyrrole nitrogens is 1. The zero-order valence-corrected chi connectivity index (χ0v) is 12.7. The van der Waals surface area contributed by atoms with Crippen LogP contribution in [0.1, 0.15) is 11.1 Å². The minimum atomic E-state index is -0.594. The molecule has 116 valence electrons. The number of hydrogen-bond acceptors (Lipinski definition) is 3. The van der Waals surface area contributed by atoms with Gasteiger partial charge in [-0.3, -0.25) is 9.78 Å². The average Bonchev–Trinajstić information content (AvgIpc) is 2.56.